The number of carbonyl (C=O) groups is 1. The second-order valence-corrected chi connectivity index (χ2v) is 6.95. The predicted molar refractivity (Wildman–Crippen MR) is 107 cm³/mol. The molecule has 2 heterocycles. The number of rotatable bonds is 6. The van der Waals surface area contributed by atoms with E-state index in [0.29, 0.717) is 24.7 Å². The van der Waals surface area contributed by atoms with Crippen molar-refractivity contribution in [1.29, 1.82) is 0 Å². The van der Waals surface area contributed by atoms with E-state index in [-0.39, 0.29) is 11.7 Å². The molecule has 4 rings (SSSR count). The molecular formula is C22H23FN4O2. The van der Waals surface area contributed by atoms with Crippen LogP contribution in [0.1, 0.15) is 47.1 Å². The van der Waals surface area contributed by atoms with Gasteiger partial charge in [0.15, 0.2) is 5.69 Å². The number of aromatic nitrogens is 3. The van der Waals surface area contributed by atoms with Gasteiger partial charge in [0.2, 0.25) is 5.88 Å². The third-order valence-corrected chi connectivity index (χ3v) is 5.04. The molecule has 2 aromatic heterocycles. The number of hydrogen-bond acceptors (Lipinski definition) is 4. The summed E-state index contributed by atoms with van der Waals surface area (Å²) in [6.45, 7) is 2.71. The zero-order valence-electron chi connectivity index (χ0n) is 16.3. The van der Waals surface area contributed by atoms with E-state index in [2.05, 4.69) is 15.4 Å². The molecule has 1 aromatic carbocycles. The van der Waals surface area contributed by atoms with E-state index in [1.54, 1.807) is 23.0 Å². The van der Waals surface area contributed by atoms with Crippen molar-refractivity contribution in [2.45, 2.75) is 39.2 Å². The molecule has 3 aromatic rings. The number of carbonyl (C=O) groups excluding carboxylic acids is 1. The molecule has 150 valence electrons. The van der Waals surface area contributed by atoms with Crippen molar-refractivity contribution >= 4 is 5.91 Å². The van der Waals surface area contributed by atoms with Crippen molar-refractivity contribution in [2.24, 2.45) is 0 Å². The van der Waals surface area contributed by atoms with Crippen LogP contribution >= 0.6 is 0 Å². The van der Waals surface area contributed by atoms with E-state index in [1.165, 1.54) is 12.1 Å². The second kappa shape index (κ2) is 8.43. The van der Waals surface area contributed by atoms with E-state index in [4.69, 9.17) is 4.74 Å². The fourth-order valence-electron chi connectivity index (χ4n) is 3.66. The molecule has 29 heavy (non-hydrogen) atoms. The molecule has 0 spiro atoms. The lowest BCUT2D eigenvalue weighted by Gasteiger charge is -2.14. The molecule has 6 nitrogen and oxygen atoms in total. The highest BCUT2D eigenvalue weighted by Gasteiger charge is 2.25. The third kappa shape index (κ3) is 3.99. The number of hydrogen-bond donors (Lipinski definition) is 1. The number of halogens is 1. The van der Waals surface area contributed by atoms with Crippen LogP contribution in [0.4, 0.5) is 4.39 Å². The lowest BCUT2D eigenvalue weighted by Crippen LogP contribution is -2.25. The molecule has 1 amide bonds. The first-order valence-corrected chi connectivity index (χ1v) is 9.89. The van der Waals surface area contributed by atoms with Crippen LogP contribution in [0.3, 0.4) is 0 Å². The summed E-state index contributed by atoms with van der Waals surface area (Å²) >= 11 is 0. The van der Waals surface area contributed by atoms with Gasteiger partial charge in [0, 0.05) is 29.6 Å². The number of pyridine rings is 1. The Balaban J connectivity index is 1.60. The van der Waals surface area contributed by atoms with E-state index in [0.717, 1.165) is 48.2 Å². The first-order chi connectivity index (χ1) is 14.2. The minimum absolute atomic E-state index is 0.227. The number of nitrogens with one attached hydrogen (secondary N) is 1. The third-order valence-electron chi connectivity index (χ3n) is 5.04. The van der Waals surface area contributed by atoms with Gasteiger partial charge in [0.1, 0.15) is 5.82 Å². The highest BCUT2D eigenvalue weighted by molar-refractivity contribution is 5.94. The molecule has 7 heteroatoms. The van der Waals surface area contributed by atoms with Gasteiger partial charge in [-0.15, -0.1) is 0 Å². The number of ether oxygens (including phenoxy) is 1. The lowest BCUT2D eigenvalue weighted by atomic mass is 9.95. The summed E-state index contributed by atoms with van der Waals surface area (Å²) in [5.74, 6) is -0.00111. The molecule has 0 aliphatic heterocycles. The first kappa shape index (κ1) is 19.1. The van der Waals surface area contributed by atoms with Crippen LogP contribution in [0, 0.1) is 5.82 Å². The number of benzene rings is 1. The molecule has 0 fully saturated rings. The van der Waals surface area contributed by atoms with Gasteiger partial charge in [-0.25, -0.2) is 14.1 Å². The largest absolute Gasteiger partial charge is 0.478 e. The maximum atomic E-state index is 13.3. The Morgan fingerprint density at radius 3 is 2.79 bits per heavy atom. The summed E-state index contributed by atoms with van der Waals surface area (Å²) in [6.07, 6.45) is 5.41. The van der Waals surface area contributed by atoms with Crippen LogP contribution < -0.4 is 10.1 Å². The summed E-state index contributed by atoms with van der Waals surface area (Å²) < 4.78 is 20.6. The highest BCUT2D eigenvalue weighted by atomic mass is 19.1. The highest BCUT2D eigenvalue weighted by Crippen LogP contribution is 2.27. The smallest absolute Gasteiger partial charge is 0.272 e. The van der Waals surface area contributed by atoms with Crippen molar-refractivity contribution in [3.63, 3.8) is 0 Å². The van der Waals surface area contributed by atoms with Gasteiger partial charge in [-0.3, -0.25) is 4.79 Å². The SMILES string of the molecule is CCOc1ncccc1CNC(=O)c1nn(-c2ccc(F)cc2)c2c1CCCC2. The van der Waals surface area contributed by atoms with Crippen molar-refractivity contribution in [3.8, 4) is 11.6 Å². The standard InChI is InChI=1S/C22H23FN4O2/c1-2-29-22-15(6-5-13-24-22)14-25-21(28)20-18-7-3-4-8-19(18)27(26-20)17-11-9-16(23)10-12-17/h5-6,9-13H,2-4,7-8,14H2,1H3,(H,25,28). The summed E-state index contributed by atoms with van der Waals surface area (Å²) in [5, 5.41) is 7.54. The lowest BCUT2D eigenvalue weighted by molar-refractivity contribution is 0.0944. The van der Waals surface area contributed by atoms with Gasteiger partial charge >= 0.3 is 0 Å². The Morgan fingerprint density at radius 2 is 2.00 bits per heavy atom. The van der Waals surface area contributed by atoms with E-state index in [1.807, 2.05) is 19.1 Å². The Morgan fingerprint density at radius 1 is 1.21 bits per heavy atom. The van der Waals surface area contributed by atoms with Crippen molar-refractivity contribution in [1.82, 2.24) is 20.1 Å². The van der Waals surface area contributed by atoms with Crippen LogP contribution in [0.2, 0.25) is 0 Å². The van der Waals surface area contributed by atoms with Crippen LogP contribution in [-0.4, -0.2) is 27.3 Å². The van der Waals surface area contributed by atoms with Gasteiger partial charge in [-0.05, 0) is 62.9 Å². The zero-order valence-corrected chi connectivity index (χ0v) is 16.3. The van der Waals surface area contributed by atoms with Crippen LogP contribution in [0.15, 0.2) is 42.6 Å². The van der Waals surface area contributed by atoms with Gasteiger partial charge in [0.25, 0.3) is 5.91 Å². The topological polar surface area (TPSA) is 69.0 Å². The predicted octanol–water partition coefficient (Wildman–Crippen LogP) is 3.61. The van der Waals surface area contributed by atoms with E-state index < -0.39 is 0 Å². The molecule has 0 saturated heterocycles. The Hall–Kier alpha value is -3.22. The molecule has 0 saturated carbocycles. The fourth-order valence-corrected chi connectivity index (χ4v) is 3.66. The fraction of sp³-hybridized carbons (Fsp3) is 0.318. The molecule has 0 unspecified atom stereocenters. The Kier molecular flexibility index (Phi) is 5.55. The summed E-state index contributed by atoms with van der Waals surface area (Å²) in [7, 11) is 0. The monoisotopic (exact) mass is 394 g/mol. The molecular weight excluding hydrogens is 371 g/mol. The maximum Gasteiger partial charge on any atom is 0.272 e. The molecule has 0 atom stereocenters. The summed E-state index contributed by atoms with van der Waals surface area (Å²) in [6, 6.07) is 9.87. The molecule has 1 aliphatic carbocycles. The summed E-state index contributed by atoms with van der Waals surface area (Å²) in [5.41, 5.74) is 4.02. The van der Waals surface area contributed by atoms with Crippen molar-refractivity contribution < 1.29 is 13.9 Å². The van der Waals surface area contributed by atoms with Gasteiger partial charge in [0.05, 0.1) is 12.3 Å². The Bertz CT molecular complexity index is 1010. The Labute approximate surface area is 168 Å². The molecule has 0 radical (unpaired) electrons. The van der Waals surface area contributed by atoms with Crippen LogP contribution in [-0.2, 0) is 19.4 Å². The van der Waals surface area contributed by atoms with Crippen LogP contribution in [0.25, 0.3) is 5.69 Å². The molecule has 0 bridgehead atoms. The average molecular weight is 394 g/mol. The van der Waals surface area contributed by atoms with E-state index in [9.17, 15) is 9.18 Å². The average Bonchev–Trinajstić information content (AvgIpc) is 3.13. The van der Waals surface area contributed by atoms with Gasteiger partial charge in [-0.2, -0.15) is 5.10 Å². The summed E-state index contributed by atoms with van der Waals surface area (Å²) in [4.78, 5) is 17.2. The molecule has 1 aliphatic rings. The quantitative estimate of drug-likeness (QED) is 0.693. The van der Waals surface area contributed by atoms with Gasteiger partial charge < -0.3 is 10.1 Å². The normalized spacial score (nSPS) is 13.0. The van der Waals surface area contributed by atoms with Crippen molar-refractivity contribution in [2.75, 3.05) is 6.61 Å². The minimum atomic E-state index is -0.297. The first-order valence-electron chi connectivity index (χ1n) is 9.89. The maximum absolute atomic E-state index is 13.3. The molecule has 1 N–H and O–H groups in total. The number of fused-ring (bicyclic) bond motifs is 1. The zero-order chi connectivity index (χ0) is 20.2. The second-order valence-electron chi connectivity index (χ2n) is 6.95. The number of amides is 1. The van der Waals surface area contributed by atoms with Crippen molar-refractivity contribution in [3.05, 3.63) is 70.9 Å². The van der Waals surface area contributed by atoms with E-state index >= 15 is 0 Å². The number of nitrogens with zero attached hydrogens (tertiary/aromatic N) is 3. The minimum Gasteiger partial charge on any atom is -0.478 e. The van der Waals surface area contributed by atoms with Gasteiger partial charge in [-0.1, -0.05) is 6.07 Å². The van der Waals surface area contributed by atoms with Crippen LogP contribution in [0.5, 0.6) is 5.88 Å².